The van der Waals surface area contributed by atoms with Gasteiger partial charge >= 0.3 is 0 Å². The van der Waals surface area contributed by atoms with Crippen LogP contribution in [0.1, 0.15) is 15.4 Å². The number of aromatic nitrogens is 1. The van der Waals surface area contributed by atoms with Crippen molar-refractivity contribution >= 4 is 40.1 Å². The topological polar surface area (TPSA) is 38.9 Å². The Balaban J connectivity index is 2.14. The third kappa shape index (κ3) is 2.78. The second-order valence-corrected chi connectivity index (χ2v) is 5.28. The van der Waals surface area contributed by atoms with E-state index in [2.05, 4.69) is 4.98 Å². The molecule has 1 aromatic carbocycles. The summed E-state index contributed by atoms with van der Waals surface area (Å²) >= 11 is 12.2. The molecule has 2 aromatic rings. The van der Waals surface area contributed by atoms with Crippen molar-refractivity contribution in [3.8, 4) is 0 Å². The van der Waals surface area contributed by atoms with Crippen molar-refractivity contribution in [3.05, 3.63) is 50.9 Å². The van der Waals surface area contributed by atoms with E-state index in [1.54, 1.807) is 6.20 Å². The molecule has 5 heteroatoms. The molecule has 0 unspecified atom stereocenters. The molecule has 0 atom stereocenters. The van der Waals surface area contributed by atoms with Gasteiger partial charge in [-0.2, -0.15) is 0 Å². The van der Waals surface area contributed by atoms with Crippen molar-refractivity contribution in [1.29, 1.82) is 0 Å². The maximum Gasteiger partial charge on any atom is 0.115 e. The van der Waals surface area contributed by atoms with E-state index in [0.29, 0.717) is 4.99 Å². The van der Waals surface area contributed by atoms with Gasteiger partial charge in [-0.1, -0.05) is 36.0 Å². The van der Waals surface area contributed by atoms with Crippen molar-refractivity contribution in [2.75, 3.05) is 0 Å². The Bertz CT molecular complexity index is 505. The summed E-state index contributed by atoms with van der Waals surface area (Å²) in [5, 5.41) is 1.75. The summed E-state index contributed by atoms with van der Waals surface area (Å²) in [5.41, 5.74) is 6.70. The Labute approximate surface area is 108 Å². The number of thiocarbonyl (C=S) groups is 1. The van der Waals surface area contributed by atoms with E-state index in [0.717, 1.165) is 21.3 Å². The molecule has 82 valence electrons. The molecule has 2 nitrogen and oxygen atoms in total. The first-order valence-electron chi connectivity index (χ1n) is 4.64. The van der Waals surface area contributed by atoms with Gasteiger partial charge in [-0.05, 0) is 17.7 Å². The lowest BCUT2D eigenvalue weighted by Gasteiger charge is -1.97. The predicted octanol–water partition coefficient (Wildman–Crippen LogP) is 3.02. The first kappa shape index (κ1) is 11.5. The normalized spacial score (nSPS) is 10.3. The standard InChI is InChI=1S/C11H9ClN2S2/c12-8-3-1-7(2-4-8)5-10-14-6-9(16-10)11(13)15/h1-4,6H,5H2,(H2,13,15). The van der Waals surface area contributed by atoms with Crippen molar-refractivity contribution in [2.24, 2.45) is 5.73 Å². The first-order valence-corrected chi connectivity index (χ1v) is 6.24. The highest BCUT2D eigenvalue weighted by Gasteiger charge is 2.04. The lowest BCUT2D eigenvalue weighted by Crippen LogP contribution is -2.06. The van der Waals surface area contributed by atoms with E-state index in [1.807, 2.05) is 24.3 Å². The number of rotatable bonds is 3. The Morgan fingerprint density at radius 3 is 2.62 bits per heavy atom. The minimum absolute atomic E-state index is 0.403. The van der Waals surface area contributed by atoms with Crippen molar-refractivity contribution < 1.29 is 0 Å². The number of nitrogens with two attached hydrogens (primary N) is 1. The zero-order chi connectivity index (χ0) is 11.5. The second-order valence-electron chi connectivity index (χ2n) is 3.29. The lowest BCUT2D eigenvalue weighted by atomic mass is 10.2. The van der Waals surface area contributed by atoms with Gasteiger partial charge in [0.1, 0.15) is 4.99 Å². The van der Waals surface area contributed by atoms with Gasteiger partial charge in [-0.15, -0.1) is 11.3 Å². The molecule has 1 heterocycles. The van der Waals surface area contributed by atoms with Gasteiger partial charge in [-0.25, -0.2) is 4.98 Å². The van der Waals surface area contributed by atoms with Gasteiger partial charge in [0.2, 0.25) is 0 Å². The fourth-order valence-electron chi connectivity index (χ4n) is 1.28. The molecule has 0 aliphatic heterocycles. The number of hydrogen-bond acceptors (Lipinski definition) is 3. The van der Waals surface area contributed by atoms with Crippen LogP contribution in [0.25, 0.3) is 0 Å². The fraction of sp³-hybridized carbons (Fsp3) is 0.0909. The Morgan fingerprint density at radius 1 is 1.38 bits per heavy atom. The molecule has 0 fully saturated rings. The molecule has 16 heavy (non-hydrogen) atoms. The van der Waals surface area contributed by atoms with E-state index in [-0.39, 0.29) is 0 Å². The molecule has 2 N–H and O–H groups in total. The predicted molar refractivity (Wildman–Crippen MR) is 72.3 cm³/mol. The Morgan fingerprint density at radius 2 is 2.06 bits per heavy atom. The van der Waals surface area contributed by atoms with Crippen LogP contribution in [0.4, 0.5) is 0 Å². The number of benzene rings is 1. The van der Waals surface area contributed by atoms with Gasteiger partial charge in [0, 0.05) is 17.6 Å². The fourth-order valence-corrected chi connectivity index (χ4v) is 2.39. The summed E-state index contributed by atoms with van der Waals surface area (Å²) in [4.78, 5) is 5.54. The van der Waals surface area contributed by atoms with E-state index < -0.39 is 0 Å². The highest BCUT2D eigenvalue weighted by molar-refractivity contribution is 7.81. The van der Waals surface area contributed by atoms with Gasteiger partial charge in [0.15, 0.2) is 0 Å². The number of halogens is 1. The largest absolute Gasteiger partial charge is 0.389 e. The van der Waals surface area contributed by atoms with Crippen LogP contribution in [0.3, 0.4) is 0 Å². The van der Waals surface area contributed by atoms with Gasteiger partial charge in [0.25, 0.3) is 0 Å². The molecule has 0 aliphatic rings. The van der Waals surface area contributed by atoms with Gasteiger partial charge in [0.05, 0.1) is 9.88 Å². The van der Waals surface area contributed by atoms with E-state index >= 15 is 0 Å². The molecule has 0 saturated heterocycles. The smallest absolute Gasteiger partial charge is 0.115 e. The molecule has 0 bridgehead atoms. The highest BCUT2D eigenvalue weighted by Crippen LogP contribution is 2.18. The third-order valence-corrected chi connectivity index (χ3v) is 3.70. The highest BCUT2D eigenvalue weighted by atomic mass is 35.5. The zero-order valence-corrected chi connectivity index (χ0v) is 10.7. The van der Waals surface area contributed by atoms with Crippen molar-refractivity contribution in [2.45, 2.75) is 6.42 Å². The average Bonchev–Trinajstić information content (AvgIpc) is 2.70. The molecule has 0 amide bonds. The minimum Gasteiger partial charge on any atom is -0.389 e. The van der Waals surface area contributed by atoms with Crippen LogP contribution in [-0.4, -0.2) is 9.97 Å². The summed E-state index contributed by atoms with van der Waals surface area (Å²) in [7, 11) is 0. The van der Waals surface area contributed by atoms with E-state index in [9.17, 15) is 0 Å². The molecule has 0 radical (unpaired) electrons. The molecule has 0 aliphatic carbocycles. The lowest BCUT2D eigenvalue weighted by molar-refractivity contribution is 1.14. The molecular formula is C11H9ClN2S2. The van der Waals surface area contributed by atoms with Crippen LogP contribution in [0.15, 0.2) is 30.5 Å². The van der Waals surface area contributed by atoms with Gasteiger partial charge in [-0.3, -0.25) is 0 Å². The summed E-state index contributed by atoms with van der Waals surface area (Å²) in [6, 6.07) is 7.73. The van der Waals surface area contributed by atoms with E-state index in [4.69, 9.17) is 29.6 Å². The Kier molecular flexibility index (Phi) is 3.53. The van der Waals surface area contributed by atoms with E-state index in [1.165, 1.54) is 16.9 Å². The summed E-state index contributed by atoms with van der Waals surface area (Å²) in [5.74, 6) is 0. The number of thiazole rings is 1. The number of nitrogens with zero attached hydrogens (tertiary/aromatic N) is 1. The van der Waals surface area contributed by atoms with Crippen LogP contribution < -0.4 is 5.73 Å². The van der Waals surface area contributed by atoms with Crippen molar-refractivity contribution in [3.63, 3.8) is 0 Å². The second kappa shape index (κ2) is 4.91. The monoisotopic (exact) mass is 268 g/mol. The summed E-state index contributed by atoms with van der Waals surface area (Å²) in [6.07, 6.45) is 2.50. The Hall–Kier alpha value is -0.970. The quantitative estimate of drug-likeness (QED) is 0.870. The van der Waals surface area contributed by atoms with Gasteiger partial charge < -0.3 is 5.73 Å². The van der Waals surface area contributed by atoms with Crippen molar-refractivity contribution in [1.82, 2.24) is 4.98 Å². The molecule has 1 aromatic heterocycles. The van der Waals surface area contributed by atoms with Crippen LogP contribution in [-0.2, 0) is 6.42 Å². The van der Waals surface area contributed by atoms with Crippen LogP contribution in [0.2, 0.25) is 5.02 Å². The van der Waals surface area contributed by atoms with Crippen LogP contribution in [0.5, 0.6) is 0 Å². The average molecular weight is 269 g/mol. The van der Waals surface area contributed by atoms with Crippen LogP contribution >= 0.6 is 35.2 Å². The first-order chi connectivity index (χ1) is 7.65. The molecule has 2 rings (SSSR count). The maximum absolute atomic E-state index is 5.81. The summed E-state index contributed by atoms with van der Waals surface area (Å²) < 4.78 is 0. The SMILES string of the molecule is NC(=S)c1cnc(Cc2ccc(Cl)cc2)s1. The maximum atomic E-state index is 5.81. The zero-order valence-electron chi connectivity index (χ0n) is 8.31. The molecular weight excluding hydrogens is 260 g/mol. The summed E-state index contributed by atoms with van der Waals surface area (Å²) in [6.45, 7) is 0. The van der Waals surface area contributed by atoms with Crippen LogP contribution in [0, 0.1) is 0 Å². The minimum atomic E-state index is 0.403. The third-order valence-electron chi connectivity index (χ3n) is 2.07. The molecule has 0 saturated carbocycles. The number of hydrogen-bond donors (Lipinski definition) is 1. The molecule has 0 spiro atoms.